The fraction of sp³-hybridized carbons (Fsp3) is 0.400. The highest BCUT2D eigenvalue weighted by Crippen LogP contribution is 2.28. The van der Waals surface area contributed by atoms with Crippen LogP contribution in [0.25, 0.3) is 0 Å². The van der Waals surface area contributed by atoms with Crippen molar-refractivity contribution in [2.45, 2.75) is 17.7 Å². The molecule has 88 valence electrons. The third kappa shape index (κ3) is 2.81. The highest BCUT2D eigenvalue weighted by Gasteiger charge is 2.25. The molecule has 1 aliphatic carbocycles. The maximum atomic E-state index is 13.4. The maximum Gasteiger partial charge on any atom is 0.243 e. The Hall–Kier alpha value is -0.460. The van der Waals surface area contributed by atoms with Crippen LogP contribution in [-0.4, -0.2) is 15.0 Å². The maximum absolute atomic E-state index is 13.4. The lowest BCUT2D eigenvalue weighted by atomic mass is 10.3. The van der Waals surface area contributed by atoms with E-state index in [1.165, 1.54) is 12.1 Å². The smallest absolute Gasteiger partial charge is 0.211 e. The minimum atomic E-state index is -3.71. The first kappa shape index (κ1) is 12.0. The van der Waals surface area contributed by atoms with Gasteiger partial charge in [0.1, 0.15) is 10.7 Å². The molecule has 1 aromatic rings. The summed E-state index contributed by atoms with van der Waals surface area (Å²) in [5, 5.41) is 0. The van der Waals surface area contributed by atoms with Crippen LogP contribution in [0.4, 0.5) is 4.39 Å². The Morgan fingerprint density at radius 1 is 1.44 bits per heavy atom. The van der Waals surface area contributed by atoms with Gasteiger partial charge in [-0.3, -0.25) is 0 Å². The van der Waals surface area contributed by atoms with Crippen LogP contribution in [0.5, 0.6) is 0 Å². The van der Waals surface area contributed by atoms with Crippen LogP contribution in [-0.2, 0) is 10.0 Å². The van der Waals surface area contributed by atoms with Gasteiger partial charge < -0.3 is 0 Å². The van der Waals surface area contributed by atoms with E-state index in [9.17, 15) is 12.8 Å². The molecule has 0 heterocycles. The normalized spacial score (nSPS) is 16.4. The first-order chi connectivity index (χ1) is 7.49. The monoisotopic (exact) mass is 307 g/mol. The van der Waals surface area contributed by atoms with Gasteiger partial charge in [-0.1, -0.05) is 15.9 Å². The van der Waals surface area contributed by atoms with E-state index in [1.807, 2.05) is 0 Å². The quantitative estimate of drug-likeness (QED) is 0.927. The molecule has 2 rings (SSSR count). The van der Waals surface area contributed by atoms with E-state index in [2.05, 4.69) is 20.7 Å². The lowest BCUT2D eigenvalue weighted by Crippen LogP contribution is -2.26. The predicted octanol–water partition coefficient (Wildman–Crippen LogP) is 2.28. The molecule has 1 aliphatic rings. The van der Waals surface area contributed by atoms with Crippen LogP contribution >= 0.6 is 15.9 Å². The van der Waals surface area contributed by atoms with Crippen molar-refractivity contribution >= 4 is 26.0 Å². The average molecular weight is 308 g/mol. The zero-order chi connectivity index (χ0) is 11.8. The average Bonchev–Trinajstić information content (AvgIpc) is 2.97. The number of sulfonamides is 1. The number of rotatable bonds is 4. The van der Waals surface area contributed by atoms with Crippen molar-refractivity contribution < 1.29 is 12.8 Å². The molecule has 0 amide bonds. The van der Waals surface area contributed by atoms with Crippen LogP contribution in [0.1, 0.15) is 12.8 Å². The summed E-state index contributed by atoms with van der Waals surface area (Å²) in [6, 6.07) is 3.91. The van der Waals surface area contributed by atoms with Crippen molar-refractivity contribution in [1.29, 1.82) is 0 Å². The van der Waals surface area contributed by atoms with Gasteiger partial charge in [0, 0.05) is 11.0 Å². The Morgan fingerprint density at radius 3 is 2.69 bits per heavy atom. The first-order valence-corrected chi connectivity index (χ1v) is 7.21. The largest absolute Gasteiger partial charge is 0.243 e. The van der Waals surface area contributed by atoms with E-state index >= 15 is 0 Å². The second-order valence-corrected chi connectivity index (χ2v) is 6.52. The summed E-state index contributed by atoms with van der Waals surface area (Å²) >= 11 is 3.08. The summed E-state index contributed by atoms with van der Waals surface area (Å²) in [5.41, 5.74) is 0. The standard InChI is InChI=1S/C10H11BrFNO2S/c11-8-3-4-10(9(12)5-8)16(14,15)13-6-7-1-2-7/h3-5,7,13H,1-2,6H2. The van der Waals surface area contributed by atoms with Crippen molar-refractivity contribution in [3.8, 4) is 0 Å². The molecule has 16 heavy (non-hydrogen) atoms. The third-order valence-corrected chi connectivity index (χ3v) is 4.39. The fourth-order valence-corrected chi connectivity index (χ4v) is 2.83. The van der Waals surface area contributed by atoms with Crippen LogP contribution in [0.2, 0.25) is 0 Å². The molecule has 0 saturated heterocycles. The summed E-state index contributed by atoms with van der Waals surface area (Å²) in [7, 11) is -3.71. The molecule has 1 aromatic carbocycles. The summed E-state index contributed by atoms with van der Waals surface area (Å²) in [6.45, 7) is 0.401. The number of hydrogen-bond donors (Lipinski definition) is 1. The third-order valence-electron chi connectivity index (χ3n) is 2.44. The Labute approximate surface area is 102 Å². The molecular formula is C10H11BrFNO2S. The first-order valence-electron chi connectivity index (χ1n) is 4.94. The molecular weight excluding hydrogens is 297 g/mol. The van der Waals surface area contributed by atoms with E-state index in [-0.39, 0.29) is 4.90 Å². The van der Waals surface area contributed by atoms with Crippen LogP contribution in [0, 0.1) is 11.7 Å². The highest BCUT2D eigenvalue weighted by atomic mass is 79.9. The van der Waals surface area contributed by atoms with E-state index in [4.69, 9.17) is 0 Å². The Balaban J connectivity index is 2.20. The van der Waals surface area contributed by atoms with Gasteiger partial charge >= 0.3 is 0 Å². The number of hydrogen-bond acceptors (Lipinski definition) is 2. The van der Waals surface area contributed by atoms with E-state index < -0.39 is 15.8 Å². The Bertz CT molecular complexity index is 500. The van der Waals surface area contributed by atoms with Crippen molar-refractivity contribution in [3.05, 3.63) is 28.5 Å². The number of halogens is 2. The molecule has 1 saturated carbocycles. The minimum Gasteiger partial charge on any atom is -0.211 e. The van der Waals surface area contributed by atoms with Crippen molar-refractivity contribution in [2.75, 3.05) is 6.54 Å². The summed E-state index contributed by atoms with van der Waals surface area (Å²) < 4.78 is 39.8. The fourth-order valence-electron chi connectivity index (χ4n) is 1.32. The van der Waals surface area contributed by atoms with Gasteiger partial charge in [0.05, 0.1) is 0 Å². The lowest BCUT2D eigenvalue weighted by molar-refractivity contribution is 0.554. The van der Waals surface area contributed by atoms with E-state index in [0.717, 1.165) is 18.9 Å². The zero-order valence-corrected chi connectivity index (χ0v) is 10.8. The molecule has 1 N–H and O–H groups in total. The van der Waals surface area contributed by atoms with Gasteiger partial charge in [0.25, 0.3) is 0 Å². The zero-order valence-electron chi connectivity index (χ0n) is 8.41. The predicted molar refractivity (Wildman–Crippen MR) is 62.0 cm³/mol. The van der Waals surface area contributed by atoms with Gasteiger partial charge in [0.15, 0.2) is 0 Å². The molecule has 0 bridgehead atoms. The second kappa shape index (κ2) is 4.43. The molecule has 0 aliphatic heterocycles. The molecule has 0 radical (unpaired) electrons. The molecule has 1 fully saturated rings. The van der Waals surface area contributed by atoms with Crippen molar-refractivity contribution in [3.63, 3.8) is 0 Å². The summed E-state index contributed by atoms with van der Waals surface area (Å²) in [6.07, 6.45) is 2.09. The SMILES string of the molecule is O=S(=O)(NCC1CC1)c1ccc(Br)cc1F. The van der Waals surface area contributed by atoms with Gasteiger partial charge in [-0.15, -0.1) is 0 Å². The Morgan fingerprint density at radius 2 is 2.12 bits per heavy atom. The number of nitrogens with one attached hydrogen (secondary N) is 1. The highest BCUT2D eigenvalue weighted by molar-refractivity contribution is 9.10. The van der Waals surface area contributed by atoms with Gasteiger partial charge in [0.2, 0.25) is 10.0 Å². The van der Waals surface area contributed by atoms with Gasteiger partial charge in [-0.2, -0.15) is 0 Å². The van der Waals surface area contributed by atoms with Gasteiger partial charge in [-0.25, -0.2) is 17.5 Å². The topological polar surface area (TPSA) is 46.2 Å². The molecule has 0 aromatic heterocycles. The van der Waals surface area contributed by atoms with Crippen LogP contribution in [0.3, 0.4) is 0 Å². The minimum absolute atomic E-state index is 0.295. The molecule has 3 nitrogen and oxygen atoms in total. The van der Waals surface area contributed by atoms with Crippen LogP contribution < -0.4 is 4.72 Å². The van der Waals surface area contributed by atoms with Crippen molar-refractivity contribution in [1.82, 2.24) is 4.72 Å². The molecule has 0 atom stereocenters. The van der Waals surface area contributed by atoms with Crippen molar-refractivity contribution in [2.24, 2.45) is 5.92 Å². The summed E-state index contributed by atoms with van der Waals surface area (Å²) in [5.74, 6) is -0.314. The molecule has 6 heteroatoms. The molecule has 0 spiro atoms. The second-order valence-electron chi connectivity index (χ2n) is 3.87. The van der Waals surface area contributed by atoms with Gasteiger partial charge in [-0.05, 0) is 37.0 Å². The van der Waals surface area contributed by atoms with E-state index in [1.54, 1.807) is 0 Å². The van der Waals surface area contributed by atoms with Crippen LogP contribution in [0.15, 0.2) is 27.6 Å². The molecule has 0 unspecified atom stereocenters. The lowest BCUT2D eigenvalue weighted by Gasteiger charge is -2.07. The number of benzene rings is 1. The van der Waals surface area contributed by atoms with E-state index in [0.29, 0.717) is 16.9 Å². The summed E-state index contributed by atoms with van der Waals surface area (Å²) in [4.78, 5) is -0.295. The Kier molecular flexibility index (Phi) is 3.32.